The predicted octanol–water partition coefficient (Wildman–Crippen LogP) is 1.17. The van der Waals surface area contributed by atoms with Crippen LogP contribution in [0.1, 0.15) is 13.8 Å². The van der Waals surface area contributed by atoms with Crippen molar-refractivity contribution in [2.24, 2.45) is 0 Å². The fraction of sp³-hybridized carbons (Fsp3) is 1.00. The smallest absolute Gasteiger partial charge is 0.151 e. The van der Waals surface area contributed by atoms with Gasteiger partial charge < -0.3 is 0 Å². The van der Waals surface area contributed by atoms with E-state index in [-0.39, 0.29) is 10.5 Å². The van der Waals surface area contributed by atoms with Crippen LogP contribution in [0.4, 0.5) is 0 Å². The molecule has 4 heteroatoms. The van der Waals surface area contributed by atoms with E-state index in [1.54, 1.807) is 18.7 Å². The lowest BCUT2D eigenvalue weighted by atomic mass is 10.4. The maximum Gasteiger partial charge on any atom is 0.151 e. The van der Waals surface area contributed by atoms with E-state index >= 15 is 0 Å². The summed E-state index contributed by atoms with van der Waals surface area (Å²) >= 11 is 1.58. The molecule has 2 nitrogen and oxygen atoms in total. The summed E-state index contributed by atoms with van der Waals surface area (Å²) in [7, 11) is -2.84. The van der Waals surface area contributed by atoms with Gasteiger partial charge in [0.1, 0.15) is 0 Å². The van der Waals surface area contributed by atoms with E-state index in [0.717, 1.165) is 0 Å². The molecule has 0 rings (SSSR count). The van der Waals surface area contributed by atoms with Gasteiger partial charge in [0.25, 0.3) is 0 Å². The van der Waals surface area contributed by atoms with Gasteiger partial charge in [0.15, 0.2) is 9.84 Å². The topological polar surface area (TPSA) is 34.1 Å². The quantitative estimate of drug-likeness (QED) is 0.657. The zero-order valence-corrected chi connectivity index (χ0v) is 8.42. The monoisotopic (exact) mass is 182 g/mol. The molecule has 0 bridgehead atoms. The van der Waals surface area contributed by atoms with Crippen molar-refractivity contribution in [2.45, 2.75) is 24.3 Å². The largest absolute Gasteiger partial charge is 0.229 e. The molecule has 0 aliphatic rings. The Balaban J connectivity index is 4.23. The second-order valence-electron chi connectivity index (χ2n) is 2.48. The standard InChI is InChI=1S/C6H14O2S2/c1-5(9-3)6(2)10(4,7)8/h5-6H,1-4H3. The van der Waals surface area contributed by atoms with Crippen LogP contribution in [0.25, 0.3) is 0 Å². The molecule has 0 saturated heterocycles. The Morgan fingerprint density at radius 1 is 1.30 bits per heavy atom. The highest BCUT2D eigenvalue weighted by Gasteiger charge is 2.20. The summed E-state index contributed by atoms with van der Waals surface area (Å²) in [5, 5.41) is -0.0440. The zero-order valence-electron chi connectivity index (χ0n) is 6.79. The molecule has 0 aliphatic heterocycles. The summed E-state index contributed by atoms with van der Waals surface area (Å²) < 4.78 is 21.8. The van der Waals surface area contributed by atoms with E-state index in [1.807, 2.05) is 13.2 Å². The van der Waals surface area contributed by atoms with E-state index in [9.17, 15) is 8.42 Å². The average molecular weight is 182 g/mol. The zero-order chi connectivity index (χ0) is 8.36. The van der Waals surface area contributed by atoms with Gasteiger partial charge in [-0.25, -0.2) is 8.42 Å². The van der Waals surface area contributed by atoms with Crippen LogP contribution in [0.5, 0.6) is 0 Å². The molecule has 0 radical (unpaired) electrons. The van der Waals surface area contributed by atoms with Gasteiger partial charge in [-0.3, -0.25) is 0 Å². The van der Waals surface area contributed by atoms with Crippen LogP contribution < -0.4 is 0 Å². The Hall–Kier alpha value is 0.300. The van der Waals surface area contributed by atoms with E-state index < -0.39 is 9.84 Å². The third kappa shape index (κ3) is 2.92. The van der Waals surface area contributed by atoms with E-state index in [0.29, 0.717) is 0 Å². The van der Waals surface area contributed by atoms with Gasteiger partial charge in [-0.1, -0.05) is 6.92 Å². The predicted molar refractivity (Wildman–Crippen MR) is 47.3 cm³/mol. The van der Waals surface area contributed by atoms with Gasteiger partial charge in [-0.15, -0.1) is 0 Å². The molecule has 0 aromatic rings. The molecule has 2 unspecified atom stereocenters. The maximum absolute atomic E-state index is 10.9. The first-order valence-corrected chi connectivity index (χ1v) is 6.35. The van der Waals surface area contributed by atoms with E-state index in [1.165, 1.54) is 6.26 Å². The molecular formula is C6H14O2S2. The van der Waals surface area contributed by atoms with Crippen LogP contribution in [0.3, 0.4) is 0 Å². The molecule has 0 aromatic carbocycles. The number of thioether (sulfide) groups is 1. The highest BCUT2D eigenvalue weighted by atomic mass is 32.2. The summed E-state index contributed by atoms with van der Waals surface area (Å²) in [6, 6.07) is 0. The van der Waals surface area contributed by atoms with Crippen LogP contribution >= 0.6 is 11.8 Å². The van der Waals surface area contributed by atoms with E-state index in [4.69, 9.17) is 0 Å². The van der Waals surface area contributed by atoms with Crippen molar-refractivity contribution in [1.29, 1.82) is 0 Å². The average Bonchev–Trinajstić information content (AvgIpc) is 1.83. The molecule has 0 spiro atoms. The Morgan fingerprint density at radius 3 is 1.80 bits per heavy atom. The molecular weight excluding hydrogens is 168 g/mol. The molecule has 2 atom stereocenters. The third-order valence-electron chi connectivity index (χ3n) is 1.71. The van der Waals surface area contributed by atoms with Gasteiger partial charge in [-0.05, 0) is 13.2 Å². The summed E-state index contributed by atoms with van der Waals surface area (Å²) in [6.45, 7) is 3.67. The van der Waals surface area contributed by atoms with Crippen molar-refractivity contribution < 1.29 is 8.42 Å². The van der Waals surface area contributed by atoms with Crippen molar-refractivity contribution >= 4 is 21.6 Å². The second kappa shape index (κ2) is 3.62. The highest BCUT2D eigenvalue weighted by molar-refractivity contribution is 8.00. The highest BCUT2D eigenvalue weighted by Crippen LogP contribution is 2.15. The lowest BCUT2D eigenvalue weighted by molar-refractivity contribution is 0.588. The van der Waals surface area contributed by atoms with Crippen LogP contribution in [-0.2, 0) is 9.84 Å². The molecule has 0 saturated carbocycles. The van der Waals surface area contributed by atoms with Crippen molar-refractivity contribution in [3.63, 3.8) is 0 Å². The van der Waals surface area contributed by atoms with Crippen LogP contribution in [0, 0.1) is 0 Å². The number of rotatable bonds is 3. The maximum atomic E-state index is 10.9. The molecule has 0 amide bonds. The molecule has 0 aromatic heterocycles. The minimum Gasteiger partial charge on any atom is -0.229 e. The summed E-state index contributed by atoms with van der Waals surface area (Å²) in [5.74, 6) is 0. The Kier molecular flexibility index (Phi) is 3.73. The molecule has 10 heavy (non-hydrogen) atoms. The second-order valence-corrected chi connectivity index (χ2v) is 6.09. The van der Waals surface area contributed by atoms with Gasteiger partial charge in [-0.2, -0.15) is 11.8 Å². The lowest BCUT2D eigenvalue weighted by Gasteiger charge is -2.14. The normalized spacial score (nSPS) is 18.4. The van der Waals surface area contributed by atoms with Gasteiger partial charge >= 0.3 is 0 Å². The number of hydrogen-bond acceptors (Lipinski definition) is 3. The number of hydrogen-bond donors (Lipinski definition) is 0. The van der Waals surface area contributed by atoms with Crippen LogP contribution in [-0.4, -0.2) is 31.4 Å². The summed E-state index contributed by atoms with van der Waals surface area (Å²) in [4.78, 5) is 0. The first-order chi connectivity index (χ1) is 4.39. The van der Waals surface area contributed by atoms with Crippen molar-refractivity contribution in [3.05, 3.63) is 0 Å². The Bertz CT molecular complexity index is 184. The van der Waals surface area contributed by atoms with Crippen LogP contribution in [0.15, 0.2) is 0 Å². The van der Waals surface area contributed by atoms with Gasteiger partial charge in [0.05, 0.1) is 5.25 Å². The molecule has 0 fully saturated rings. The van der Waals surface area contributed by atoms with Crippen molar-refractivity contribution in [1.82, 2.24) is 0 Å². The molecule has 62 valence electrons. The van der Waals surface area contributed by atoms with Gasteiger partial charge in [0.2, 0.25) is 0 Å². The molecule has 0 aliphatic carbocycles. The minimum absolute atomic E-state index is 0.190. The Labute approximate surface area is 67.3 Å². The lowest BCUT2D eigenvalue weighted by Crippen LogP contribution is -2.25. The minimum atomic E-state index is -2.84. The van der Waals surface area contributed by atoms with Gasteiger partial charge in [0, 0.05) is 11.5 Å². The first kappa shape index (κ1) is 10.3. The fourth-order valence-electron chi connectivity index (χ4n) is 0.540. The van der Waals surface area contributed by atoms with Crippen LogP contribution in [0.2, 0.25) is 0 Å². The fourth-order valence-corrected chi connectivity index (χ4v) is 2.56. The van der Waals surface area contributed by atoms with Crippen molar-refractivity contribution in [3.8, 4) is 0 Å². The SMILES string of the molecule is CSC(C)C(C)S(C)(=O)=O. The van der Waals surface area contributed by atoms with E-state index in [2.05, 4.69) is 0 Å². The number of sulfone groups is 1. The van der Waals surface area contributed by atoms with Crippen molar-refractivity contribution in [2.75, 3.05) is 12.5 Å². The summed E-state index contributed by atoms with van der Waals surface area (Å²) in [5.41, 5.74) is 0. The third-order valence-corrected chi connectivity index (χ3v) is 4.79. The molecule has 0 heterocycles. The first-order valence-electron chi connectivity index (χ1n) is 3.11. The Morgan fingerprint density at radius 2 is 1.70 bits per heavy atom. The summed E-state index contributed by atoms with van der Waals surface area (Å²) in [6.07, 6.45) is 3.21. The molecule has 0 N–H and O–H groups in total.